The lowest BCUT2D eigenvalue weighted by molar-refractivity contribution is 0.0478. The molecular weight excluding hydrogens is 318 g/mol. The van der Waals surface area contributed by atoms with E-state index in [1.807, 2.05) is 0 Å². The first-order valence-corrected chi connectivity index (χ1v) is 7.62. The number of nitrogens with one attached hydrogen (secondary N) is 2. The number of hydrogen-bond donors (Lipinski definition) is 2. The molecule has 8 heteroatoms. The van der Waals surface area contributed by atoms with Gasteiger partial charge in [-0.25, -0.2) is 14.6 Å². The summed E-state index contributed by atoms with van der Waals surface area (Å²) >= 11 is 1.23. The number of imidazole rings is 1. The third-order valence-electron chi connectivity index (χ3n) is 3.26. The van der Waals surface area contributed by atoms with Crippen LogP contribution in [0, 0.1) is 13.8 Å². The van der Waals surface area contributed by atoms with Crippen LogP contribution in [-0.4, -0.2) is 33.3 Å². The quantitative estimate of drug-likeness (QED) is 0.562. The van der Waals surface area contributed by atoms with Crippen molar-refractivity contribution in [1.29, 1.82) is 0 Å². The van der Waals surface area contributed by atoms with Crippen molar-refractivity contribution in [2.75, 3.05) is 6.61 Å². The molecule has 0 atom stereocenters. The molecule has 3 rings (SSSR count). The Morgan fingerprint density at radius 2 is 1.96 bits per heavy atom. The molecule has 7 nitrogen and oxygen atoms in total. The number of carbonyl (C=O) groups is 2. The SMILES string of the molecule is Cc1nc(C)c(C(=O)OCC(=O)c2ccc3[nH]c(=O)[nH]c3c2)s1. The summed E-state index contributed by atoms with van der Waals surface area (Å²) in [6, 6.07) is 4.74. The summed E-state index contributed by atoms with van der Waals surface area (Å²) in [6.45, 7) is 3.15. The lowest BCUT2D eigenvalue weighted by Gasteiger charge is -2.03. The summed E-state index contributed by atoms with van der Waals surface area (Å²) in [4.78, 5) is 45.0. The van der Waals surface area contributed by atoms with Gasteiger partial charge in [-0.3, -0.25) is 4.79 Å². The number of thiazole rings is 1. The number of fused-ring (bicyclic) bond motifs is 1. The predicted octanol–water partition coefficient (Wildman–Crippen LogP) is 1.97. The fourth-order valence-corrected chi connectivity index (χ4v) is 3.02. The van der Waals surface area contributed by atoms with E-state index in [-0.39, 0.29) is 18.1 Å². The Labute approximate surface area is 134 Å². The van der Waals surface area contributed by atoms with Crippen LogP contribution >= 0.6 is 11.3 Å². The van der Waals surface area contributed by atoms with Crippen LogP contribution in [0.15, 0.2) is 23.0 Å². The van der Waals surface area contributed by atoms with Gasteiger partial charge in [0.05, 0.1) is 21.7 Å². The van der Waals surface area contributed by atoms with E-state index in [4.69, 9.17) is 4.74 Å². The van der Waals surface area contributed by atoms with Gasteiger partial charge in [-0.1, -0.05) is 0 Å². The maximum atomic E-state index is 12.1. The third-order valence-corrected chi connectivity index (χ3v) is 4.31. The number of H-pyrrole nitrogens is 2. The highest BCUT2D eigenvalue weighted by Crippen LogP contribution is 2.18. The van der Waals surface area contributed by atoms with E-state index in [1.54, 1.807) is 32.0 Å². The first-order valence-electron chi connectivity index (χ1n) is 6.80. The average molecular weight is 331 g/mol. The van der Waals surface area contributed by atoms with Crippen molar-refractivity contribution in [1.82, 2.24) is 15.0 Å². The van der Waals surface area contributed by atoms with Gasteiger partial charge in [0.25, 0.3) is 0 Å². The molecule has 0 amide bonds. The minimum Gasteiger partial charge on any atom is -0.453 e. The number of Topliss-reactive ketones (excluding diaryl/α,β-unsaturated/α-hetero) is 1. The molecule has 2 heterocycles. The van der Waals surface area contributed by atoms with E-state index in [2.05, 4.69) is 15.0 Å². The zero-order valence-electron chi connectivity index (χ0n) is 12.4. The Hall–Kier alpha value is -2.74. The Morgan fingerprint density at radius 1 is 1.22 bits per heavy atom. The molecule has 0 radical (unpaired) electrons. The summed E-state index contributed by atoms with van der Waals surface area (Å²) in [5.41, 5.74) is 1.75. The number of aryl methyl sites for hydroxylation is 2. The van der Waals surface area contributed by atoms with Crippen molar-refractivity contribution in [3.05, 3.63) is 49.8 Å². The van der Waals surface area contributed by atoms with E-state index < -0.39 is 5.97 Å². The number of nitrogens with zero attached hydrogens (tertiary/aromatic N) is 1. The largest absolute Gasteiger partial charge is 0.453 e. The molecule has 2 aromatic heterocycles. The fourth-order valence-electron chi connectivity index (χ4n) is 2.21. The summed E-state index contributed by atoms with van der Waals surface area (Å²) < 4.78 is 5.06. The number of aromatic nitrogens is 3. The van der Waals surface area contributed by atoms with Gasteiger partial charge in [-0.05, 0) is 32.0 Å². The van der Waals surface area contributed by atoms with Gasteiger partial charge in [0, 0.05) is 5.56 Å². The van der Waals surface area contributed by atoms with Gasteiger partial charge in [0.15, 0.2) is 12.4 Å². The predicted molar refractivity (Wildman–Crippen MR) is 85.1 cm³/mol. The zero-order valence-corrected chi connectivity index (χ0v) is 13.2. The summed E-state index contributed by atoms with van der Waals surface area (Å²) in [5, 5.41) is 0.766. The van der Waals surface area contributed by atoms with Gasteiger partial charge in [-0.15, -0.1) is 11.3 Å². The fraction of sp³-hybridized carbons (Fsp3) is 0.200. The second-order valence-corrected chi connectivity index (χ2v) is 6.19. The van der Waals surface area contributed by atoms with E-state index in [1.165, 1.54) is 11.3 Å². The molecule has 0 saturated carbocycles. The number of ether oxygens (including phenoxy) is 1. The van der Waals surface area contributed by atoms with Gasteiger partial charge in [-0.2, -0.15) is 0 Å². The minimum absolute atomic E-state index is 0.341. The van der Waals surface area contributed by atoms with E-state index in [0.29, 0.717) is 27.2 Å². The van der Waals surface area contributed by atoms with Crippen LogP contribution in [0.3, 0.4) is 0 Å². The van der Waals surface area contributed by atoms with E-state index in [9.17, 15) is 14.4 Å². The highest BCUT2D eigenvalue weighted by molar-refractivity contribution is 7.13. The number of rotatable bonds is 4. The highest BCUT2D eigenvalue weighted by Gasteiger charge is 2.17. The van der Waals surface area contributed by atoms with Crippen LogP contribution in [0.2, 0.25) is 0 Å². The maximum Gasteiger partial charge on any atom is 0.350 e. The molecule has 0 spiro atoms. The van der Waals surface area contributed by atoms with Crippen LogP contribution in [0.5, 0.6) is 0 Å². The number of aromatic amines is 2. The van der Waals surface area contributed by atoms with Crippen molar-refractivity contribution >= 4 is 34.1 Å². The lowest BCUT2D eigenvalue weighted by atomic mass is 10.1. The molecule has 23 heavy (non-hydrogen) atoms. The highest BCUT2D eigenvalue weighted by atomic mass is 32.1. The van der Waals surface area contributed by atoms with Crippen LogP contribution in [0.1, 0.15) is 30.7 Å². The summed E-state index contributed by atoms with van der Waals surface area (Å²) in [5.74, 6) is -0.904. The topological polar surface area (TPSA) is 105 Å². The molecule has 0 fully saturated rings. The Morgan fingerprint density at radius 3 is 2.65 bits per heavy atom. The van der Waals surface area contributed by atoms with Gasteiger partial charge < -0.3 is 14.7 Å². The number of hydrogen-bond acceptors (Lipinski definition) is 6. The molecule has 2 N–H and O–H groups in total. The smallest absolute Gasteiger partial charge is 0.350 e. The lowest BCUT2D eigenvalue weighted by Crippen LogP contribution is -2.14. The van der Waals surface area contributed by atoms with Gasteiger partial charge >= 0.3 is 11.7 Å². The summed E-state index contributed by atoms with van der Waals surface area (Å²) in [7, 11) is 0. The molecule has 1 aromatic carbocycles. The van der Waals surface area contributed by atoms with Crippen molar-refractivity contribution < 1.29 is 14.3 Å². The molecule has 0 unspecified atom stereocenters. The maximum absolute atomic E-state index is 12.1. The van der Waals surface area contributed by atoms with E-state index in [0.717, 1.165) is 5.01 Å². The minimum atomic E-state index is -0.558. The molecule has 0 aliphatic rings. The van der Waals surface area contributed by atoms with Crippen LogP contribution in [0.4, 0.5) is 0 Å². The number of ketones is 1. The molecular formula is C15H13N3O4S. The van der Waals surface area contributed by atoms with Crippen LogP contribution in [0.25, 0.3) is 11.0 Å². The summed E-state index contributed by atoms with van der Waals surface area (Å²) in [6.07, 6.45) is 0. The first kappa shape index (κ1) is 15.2. The van der Waals surface area contributed by atoms with E-state index >= 15 is 0 Å². The molecule has 118 valence electrons. The van der Waals surface area contributed by atoms with Crippen molar-refractivity contribution in [2.45, 2.75) is 13.8 Å². The molecule has 0 aliphatic heterocycles. The molecule has 0 saturated heterocycles. The van der Waals surface area contributed by atoms with Crippen molar-refractivity contribution in [3.63, 3.8) is 0 Å². The number of benzene rings is 1. The Balaban J connectivity index is 1.71. The molecule has 0 aliphatic carbocycles. The second kappa shape index (κ2) is 5.81. The standard InChI is InChI=1S/C15H13N3O4S/c1-7-13(23-8(2)16-7)14(20)22-6-12(19)9-3-4-10-11(5-9)18-15(21)17-10/h3-5H,6H2,1-2H3,(H2,17,18,21). The average Bonchev–Trinajstić information content (AvgIpc) is 3.04. The van der Waals surface area contributed by atoms with Crippen LogP contribution < -0.4 is 5.69 Å². The molecule has 3 aromatic rings. The first-order chi connectivity index (χ1) is 10.9. The molecule has 0 bridgehead atoms. The second-order valence-electron chi connectivity index (χ2n) is 4.99. The van der Waals surface area contributed by atoms with Crippen molar-refractivity contribution in [3.8, 4) is 0 Å². The van der Waals surface area contributed by atoms with Crippen LogP contribution in [-0.2, 0) is 4.74 Å². The van der Waals surface area contributed by atoms with Crippen molar-refractivity contribution in [2.24, 2.45) is 0 Å². The Kier molecular flexibility index (Phi) is 3.83. The van der Waals surface area contributed by atoms with Gasteiger partial charge in [0.1, 0.15) is 4.88 Å². The normalized spacial score (nSPS) is 10.9. The number of carbonyl (C=O) groups excluding carboxylic acids is 2. The monoisotopic (exact) mass is 331 g/mol. The third kappa shape index (κ3) is 3.07. The number of esters is 1. The Bertz CT molecular complexity index is 967. The zero-order chi connectivity index (χ0) is 16.6. The van der Waals surface area contributed by atoms with Gasteiger partial charge in [0.2, 0.25) is 0 Å².